The van der Waals surface area contributed by atoms with Crippen molar-refractivity contribution in [3.05, 3.63) is 28.8 Å². The molecule has 0 radical (unpaired) electrons. The Labute approximate surface area is 110 Å². The minimum absolute atomic E-state index is 0.0123. The van der Waals surface area contributed by atoms with E-state index in [0.29, 0.717) is 11.4 Å². The number of carbonyl (C=O) groups excluding carboxylic acids is 2. The molecule has 0 heterocycles. The van der Waals surface area contributed by atoms with Gasteiger partial charge in [0, 0.05) is 11.4 Å². The molecule has 0 saturated carbocycles. The predicted octanol–water partition coefficient (Wildman–Crippen LogP) is 2.00. The van der Waals surface area contributed by atoms with Gasteiger partial charge in [-0.2, -0.15) is 0 Å². The lowest BCUT2D eigenvalue weighted by Crippen LogP contribution is -2.41. The molecule has 2 amide bonds. The summed E-state index contributed by atoms with van der Waals surface area (Å²) in [7, 11) is 0. The summed E-state index contributed by atoms with van der Waals surface area (Å²) in [6.45, 7) is 1.97. The number of benzene rings is 1. The number of unbranched alkanes of at least 4 members (excludes halogenated alkanes) is 1. The first-order valence-corrected chi connectivity index (χ1v) is 6.00. The van der Waals surface area contributed by atoms with E-state index in [4.69, 9.17) is 11.6 Å². The van der Waals surface area contributed by atoms with Crippen molar-refractivity contribution in [2.75, 3.05) is 0 Å². The van der Waals surface area contributed by atoms with Gasteiger partial charge < -0.3 is 5.11 Å². The van der Waals surface area contributed by atoms with Gasteiger partial charge in [0.25, 0.3) is 5.91 Å². The highest BCUT2D eigenvalue weighted by Crippen LogP contribution is 2.20. The van der Waals surface area contributed by atoms with Gasteiger partial charge >= 0.3 is 0 Å². The number of phenols is 1. The molecule has 18 heavy (non-hydrogen) atoms. The first kappa shape index (κ1) is 14.3. The Balaban J connectivity index is 2.55. The Morgan fingerprint density at radius 2 is 2.06 bits per heavy atom. The summed E-state index contributed by atoms with van der Waals surface area (Å²) >= 11 is 5.71. The third kappa shape index (κ3) is 4.25. The van der Waals surface area contributed by atoms with E-state index in [2.05, 4.69) is 10.9 Å². The summed E-state index contributed by atoms with van der Waals surface area (Å²) in [5.74, 6) is -1.08. The van der Waals surface area contributed by atoms with Crippen molar-refractivity contribution in [1.82, 2.24) is 10.9 Å². The van der Waals surface area contributed by atoms with Gasteiger partial charge in [-0.1, -0.05) is 24.9 Å². The van der Waals surface area contributed by atoms with Crippen LogP contribution >= 0.6 is 11.6 Å². The first-order chi connectivity index (χ1) is 8.54. The Morgan fingerprint density at radius 3 is 2.72 bits per heavy atom. The summed E-state index contributed by atoms with van der Waals surface area (Å²) in [4.78, 5) is 22.9. The van der Waals surface area contributed by atoms with E-state index >= 15 is 0 Å². The molecule has 1 rings (SSSR count). The lowest BCUT2D eigenvalue weighted by Gasteiger charge is -2.08. The van der Waals surface area contributed by atoms with E-state index < -0.39 is 5.91 Å². The van der Waals surface area contributed by atoms with E-state index in [0.717, 1.165) is 12.8 Å². The molecule has 0 aromatic heterocycles. The van der Waals surface area contributed by atoms with E-state index in [9.17, 15) is 14.7 Å². The summed E-state index contributed by atoms with van der Waals surface area (Å²) in [5, 5.41) is 9.81. The van der Waals surface area contributed by atoms with E-state index in [1.807, 2.05) is 6.92 Å². The average Bonchev–Trinajstić information content (AvgIpc) is 2.36. The van der Waals surface area contributed by atoms with Gasteiger partial charge in [0.2, 0.25) is 5.91 Å². The van der Waals surface area contributed by atoms with Crippen molar-refractivity contribution >= 4 is 23.4 Å². The predicted molar refractivity (Wildman–Crippen MR) is 68.3 cm³/mol. The maximum atomic E-state index is 11.7. The molecule has 1 aromatic rings. The fraction of sp³-hybridized carbons (Fsp3) is 0.333. The SMILES string of the molecule is CCCCC(=O)NNC(=O)c1cc(Cl)ccc1O. The molecule has 5 nitrogen and oxygen atoms in total. The van der Waals surface area contributed by atoms with Crippen LogP contribution in [0.3, 0.4) is 0 Å². The van der Waals surface area contributed by atoms with Crippen molar-refractivity contribution < 1.29 is 14.7 Å². The van der Waals surface area contributed by atoms with Gasteiger partial charge in [-0.05, 0) is 24.6 Å². The Kier molecular flexibility index (Phi) is 5.45. The average molecular weight is 271 g/mol. The second-order valence-corrected chi connectivity index (χ2v) is 4.20. The van der Waals surface area contributed by atoms with Gasteiger partial charge in [0.15, 0.2) is 0 Å². The fourth-order valence-corrected chi connectivity index (χ4v) is 1.46. The van der Waals surface area contributed by atoms with Crippen LogP contribution in [0.15, 0.2) is 18.2 Å². The van der Waals surface area contributed by atoms with Crippen LogP contribution in [-0.4, -0.2) is 16.9 Å². The van der Waals surface area contributed by atoms with E-state index in [1.54, 1.807) is 0 Å². The quantitative estimate of drug-likeness (QED) is 0.732. The van der Waals surface area contributed by atoms with Crippen molar-refractivity contribution in [2.45, 2.75) is 26.2 Å². The zero-order valence-electron chi connectivity index (χ0n) is 10.00. The number of carbonyl (C=O) groups is 2. The first-order valence-electron chi connectivity index (χ1n) is 5.62. The molecule has 0 fully saturated rings. The number of hydrazine groups is 1. The highest BCUT2D eigenvalue weighted by atomic mass is 35.5. The molecule has 3 N–H and O–H groups in total. The molecular formula is C12H15ClN2O3. The lowest BCUT2D eigenvalue weighted by molar-refractivity contribution is -0.121. The second kappa shape index (κ2) is 6.86. The van der Waals surface area contributed by atoms with Gasteiger partial charge in [0.05, 0.1) is 5.56 Å². The monoisotopic (exact) mass is 270 g/mol. The summed E-state index contributed by atoms with van der Waals surface area (Å²) in [6, 6.07) is 4.11. The van der Waals surface area contributed by atoms with Crippen LogP contribution in [0.5, 0.6) is 5.75 Å². The minimum atomic E-state index is -0.611. The highest BCUT2D eigenvalue weighted by molar-refractivity contribution is 6.31. The van der Waals surface area contributed by atoms with Crippen LogP contribution in [-0.2, 0) is 4.79 Å². The van der Waals surface area contributed by atoms with E-state index in [-0.39, 0.29) is 17.2 Å². The third-order valence-electron chi connectivity index (χ3n) is 2.28. The largest absolute Gasteiger partial charge is 0.507 e. The Morgan fingerprint density at radius 1 is 1.33 bits per heavy atom. The van der Waals surface area contributed by atoms with Crippen molar-refractivity contribution in [3.8, 4) is 5.75 Å². The molecule has 0 atom stereocenters. The Hall–Kier alpha value is -1.75. The van der Waals surface area contributed by atoms with Crippen LogP contribution in [0, 0.1) is 0 Å². The molecule has 0 spiro atoms. The molecule has 0 saturated heterocycles. The third-order valence-corrected chi connectivity index (χ3v) is 2.51. The standard InChI is InChI=1S/C12H15ClN2O3/c1-2-3-4-11(17)14-15-12(18)9-7-8(13)5-6-10(9)16/h5-7,16H,2-4H2,1H3,(H,14,17)(H,15,18). The molecule has 0 aliphatic heterocycles. The summed E-state index contributed by atoms with van der Waals surface area (Å²) in [5.41, 5.74) is 4.50. The zero-order chi connectivity index (χ0) is 13.5. The lowest BCUT2D eigenvalue weighted by atomic mass is 10.2. The number of hydrogen-bond donors (Lipinski definition) is 3. The van der Waals surface area contributed by atoms with Crippen molar-refractivity contribution in [2.24, 2.45) is 0 Å². The minimum Gasteiger partial charge on any atom is -0.507 e. The molecular weight excluding hydrogens is 256 g/mol. The van der Waals surface area contributed by atoms with Crippen LogP contribution in [0.1, 0.15) is 36.5 Å². The number of amides is 2. The molecule has 0 bridgehead atoms. The van der Waals surface area contributed by atoms with Crippen LogP contribution in [0.2, 0.25) is 5.02 Å². The van der Waals surface area contributed by atoms with Crippen LogP contribution < -0.4 is 10.9 Å². The molecule has 0 unspecified atom stereocenters. The number of rotatable bonds is 4. The fourth-order valence-electron chi connectivity index (χ4n) is 1.28. The number of hydrogen-bond acceptors (Lipinski definition) is 3. The second-order valence-electron chi connectivity index (χ2n) is 3.77. The van der Waals surface area contributed by atoms with Gasteiger partial charge in [-0.3, -0.25) is 20.4 Å². The number of phenolic OH excluding ortho intramolecular Hbond substituents is 1. The van der Waals surface area contributed by atoms with E-state index in [1.165, 1.54) is 18.2 Å². The van der Waals surface area contributed by atoms with Crippen molar-refractivity contribution in [1.29, 1.82) is 0 Å². The van der Waals surface area contributed by atoms with Crippen molar-refractivity contribution in [3.63, 3.8) is 0 Å². The molecule has 0 aliphatic rings. The molecule has 0 aliphatic carbocycles. The molecule has 98 valence electrons. The van der Waals surface area contributed by atoms with Gasteiger partial charge in [-0.25, -0.2) is 0 Å². The maximum Gasteiger partial charge on any atom is 0.273 e. The number of nitrogens with one attached hydrogen (secondary N) is 2. The van der Waals surface area contributed by atoms with Crippen LogP contribution in [0.25, 0.3) is 0 Å². The Bertz CT molecular complexity index is 449. The highest BCUT2D eigenvalue weighted by Gasteiger charge is 2.12. The van der Waals surface area contributed by atoms with Gasteiger partial charge in [-0.15, -0.1) is 0 Å². The van der Waals surface area contributed by atoms with Crippen LogP contribution in [0.4, 0.5) is 0 Å². The molecule has 1 aromatic carbocycles. The topological polar surface area (TPSA) is 78.4 Å². The zero-order valence-corrected chi connectivity index (χ0v) is 10.8. The smallest absolute Gasteiger partial charge is 0.273 e. The van der Waals surface area contributed by atoms with Gasteiger partial charge in [0.1, 0.15) is 5.75 Å². The number of halogens is 1. The maximum absolute atomic E-state index is 11.7. The molecule has 6 heteroatoms. The normalized spacial score (nSPS) is 9.89. The summed E-state index contributed by atoms with van der Waals surface area (Å²) in [6.07, 6.45) is 2.00. The number of aromatic hydroxyl groups is 1. The summed E-state index contributed by atoms with van der Waals surface area (Å²) < 4.78 is 0.